The van der Waals surface area contributed by atoms with Gasteiger partial charge in [-0.3, -0.25) is 4.90 Å². The standard InChI is InChI=1S/C16H19BrN2S/c1-12-4-5-13(14(17)11-12)16(15-3-2-10-20-15)19-8-6-18-7-9-19/h2-5,10-11,16,18H,6-9H2,1H3/t16-/m0/s1. The Kier molecular flexibility index (Phi) is 4.56. The van der Waals surface area contributed by atoms with Gasteiger partial charge >= 0.3 is 0 Å². The van der Waals surface area contributed by atoms with E-state index in [9.17, 15) is 0 Å². The molecule has 0 bridgehead atoms. The molecule has 0 saturated carbocycles. The van der Waals surface area contributed by atoms with Crippen LogP contribution in [-0.2, 0) is 0 Å². The van der Waals surface area contributed by atoms with Crippen LogP contribution in [0.25, 0.3) is 0 Å². The molecule has 1 aromatic heterocycles. The molecule has 2 nitrogen and oxygen atoms in total. The van der Waals surface area contributed by atoms with E-state index in [2.05, 4.69) is 68.8 Å². The maximum absolute atomic E-state index is 3.76. The SMILES string of the molecule is Cc1ccc([C@@H](c2cccs2)N2CCNCC2)c(Br)c1. The molecule has 0 spiro atoms. The largest absolute Gasteiger partial charge is 0.314 e. The Labute approximate surface area is 132 Å². The maximum atomic E-state index is 3.76. The maximum Gasteiger partial charge on any atom is 0.0707 e. The summed E-state index contributed by atoms with van der Waals surface area (Å²) in [7, 11) is 0. The van der Waals surface area contributed by atoms with Crippen molar-refractivity contribution in [3.05, 3.63) is 56.2 Å². The highest BCUT2D eigenvalue weighted by Gasteiger charge is 2.26. The topological polar surface area (TPSA) is 15.3 Å². The van der Waals surface area contributed by atoms with E-state index in [1.807, 2.05) is 11.3 Å². The van der Waals surface area contributed by atoms with E-state index in [4.69, 9.17) is 0 Å². The minimum absolute atomic E-state index is 0.368. The quantitative estimate of drug-likeness (QED) is 0.905. The van der Waals surface area contributed by atoms with Gasteiger partial charge < -0.3 is 5.32 Å². The number of nitrogens with zero attached hydrogens (tertiary/aromatic N) is 1. The van der Waals surface area contributed by atoms with Gasteiger partial charge in [0.15, 0.2) is 0 Å². The van der Waals surface area contributed by atoms with Gasteiger partial charge in [0, 0.05) is 35.5 Å². The zero-order valence-electron chi connectivity index (χ0n) is 11.6. The number of hydrogen-bond donors (Lipinski definition) is 1. The van der Waals surface area contributed by atoms with Crippen LogP contribution in [0.15, 0.2) is 40.2 Å². The molecule has 1 aromatic carbocycles. The summed E-state index contributed by atoms with van der Waals surface area (Å²) < 4.78 is 1.22. The fourth-order valence-electron chi connectivity index (χ4n) is 2.77. The van der Waals surface area contributed by atoms with E-state index in [-0.39, 0.29) is 0 Å². The van der Waals surface area contributed by atoms with Crippen LogP contribution in [0.2, 0.25) is 0 Å². The molecule has 1 aliphatic heterocycles. The van der Waals surface area contributed by atoms with Crippen LogP contribution in [0, 0.1) is 6.92 Å². The second kappa shape index (κ2) is 6.39. The predicted octanol–water partition coefficient (Wildman–Crippen LogP) is 3.81. The number of nitrogens with one attached hydrogen (secondary N) is 1. The van der Waals surface area contributed by atoms with Gasteiger partial charge in [-0.2, -0.15) is 0 Å². The lowest BCUT2D eigenvalue weighted by Gasteiger charge is -2.35. The van der Waals surface area contributed by atoms with E-state index in [1.165, 1.54) is 20.5 Å². The molecule has 1 saturated heterocycles. The lowest BCUT2D eigenvalue weighted by atomic mass is 10.0. The summed E-state index contributed by atoms with van der Waals surface area (Å²) in [4.78, 5) is 4.01. The van der Waals surface area contributed by atoms with Gasteiger partial charge in [0.1, 0.15) is 0 Å². The Morgan fingerprint density at radius 3 is 2.70 bits per heavy atom. The van der Waals surface area contributed by atoms with Crippen LogP contribution in [0.1, 0.15) is 22.0 Å². The highest BCUT2D eigenvalue weighted by Crippen LogP contribution is 2.36. The summed E-state index contributed by atoms with van der Waals surface area (Å²) in [5.41, 5.74) is 2.67. The van der Waals surface area contributed by atoms with E-state index in [0.29, 0.717) is 6.04 Å². The molecule has 0 amide bonds. The fourth-order valence-corrected chi connectivity index (χ4v) is 4.36. The molecular weight excluding hydrogens is 332 g/mol. The normalized spacial score (nSPS) is 18.1. The van der Waals surface area contributed by atoms with E-state index in [1.54, 1.807) is 0 Å². The monoisotopic (exact) mass is 350 g/mol. The number of piperazine rings is 1. The van der Waals surface area contributed by atoms with Crippen molar-refractivity contribution in [2.24, 2.45) is 0 Å². The molecule has 4 heteroatoms. The third kappa shape index (κ3) is 2.98. The van der Waals surface area contributed by atoms with Crippen molar-refractivity contribution in [1.29, 1.82) is 0 Å². The Hall–Kier alpha value is -0.680. The van der Waals surface area contributed by atoms with Crippen LogP contribution >= 0.6 is 27.3 Å². The van der Waals surface area contributed by atoms with Gasteiger partial charge in [0.25, 0.3) is 0 Å². The average molecular weight is 351 g/mol. The van der Waals surface area contributed by atoms with Crippen molar-refractivity contribution in [1.82, 2.24) is 10.2 Å². The highest BCUT2D eigenvalue weighted by molar-refractivity contribution is 9.10. The Morgan fingerprint density at radius 1 is 1.25 bits per heavy atom. The van der Waals surface area contributed by atoms with Gasteiger partial charge in [-0.1, -0.05) is 34.1 Å². The second-order valence-electron chi connectivity index (χ2n) is 5.23. The van der Waals surface area contributed by atoms with Crippen molar-refractivity contribution in [2.75, 3.05) is 26.2 Å². The fraction of sp³-hybridized carbons (Fsp3) is 0.375. The molecule has 3 rings (SSSR count). The van der Waals surface area contributed by atoms with Crippen LogP contribution in [-0.4, -0.2) is 31.1 Å². The van der Waals surface area contributed by atoms with Crippen LogP contribution < -0.4 is 5.32 Å². The van der Waals surface area contributed by atoms with Gasteiger partial charge in [-0.15, -0.1) is 11.3 Å². The average Bonchev–Trinajstić information content (AvgIpc) is 2.97. The minimum atomic E-state index is 0.368. The van der Waals surface area contributed by atoms with Gasteiger partial charge in [0.2, 0.25) is 0 Å². The van der Waals surface area contributed by atoms with Crippen molar-refractivity contribution in [3.63, 3.8) is 0 Å². The molecule has 0 radical (unpaired) electrons. The van der Waals surface area contributed by atoms with Crippen LogP contribution in [0.3, 0.4) is 0 Å². The number of hydrogen-bond acceptors (Lipinski definition) is 3. The molecule has 1 fully saturated rings. The molecule has 2 aromatic rings. The van der Waals surface area contributed by atoms with E-state index < -0.39 is 0 Å². The number of benzene rings is 1. The number of aryl methyl sites for hydroxylation is 1. The lowest BCUT2D eigenvalue weighted by molar-refractivity contribution is 0.200. The smallest absolute Gasteiger partial charge is 0.0707 e. The summed E-state index contributed by atoms with van der Waals surface area (Å²) >= 11 is 5.61. The first kappa shape index (κ1) is 14.3. The van der Waals surface area contributed by atoms with Crippen LogP contribution in [0.4, 0.5) is 0 Å². The summed E-state index contributed by atoms with van der Waals surface area (Å²) in [6.45, 7) is 6.49. The van der Waals surface area contributed by atoms with Crippen molar-refractivity contribution >= 4 is 27.3 Å². The Balaban J connectivity index is 2.00. The molecule has 0 aliphatic carbocycles. The molecular formula is C16H19BrN2S. The first-order chi connectivity index (χ1) is 9.75. The van der Waals surface area contributed by atoms with Crippen molar-refractivity contribution in [3.8, 4) is 0 Å². The first-order valence-electron chi connectivity index (χ1n) is 7.00. The molecule has 1 atom stereocenters. The summed E-state index contributed by atoms with van der Waals surface area (Å²) in [6.07, 6.45) is 0. The number of halogens is 1. The van der Waals surface area contributed by atoms with Gasteiger partial charge in [-0.25, -0.2) is 0 Å². The zero-order chi connectivity index (χ0) is 13.9. The van der Waals surface area contributed by atoms with E-state index in [0.717, 1.165) is 26.2 Å². The molecule has 106 valence electrons. The molecule has 0 unspecified atom stereocenters. The third-order valence-electron chi connectivity index (χ3n) is 3.78. The summed E-state index contributed by atoms with van der Waals surface area (Å²) in [6, 6.07) is 11.5. The van der Waals surface area contributed by atoms with Crippen molar-refractivity contribution < 1.29 is 0 Å². The summed E-state index contributed by atoms with van der Waals surface area (Å²) in [5, 5.41) is 5.61. The summed E-state index contributed by atoms with van der Waals surface area (Å²) in [5.74, 6) is 0. The Morgan fingerprint density at radius 2 is 2.05 bits per heavy atom. The number of thiophene rings is 1. The Bertz CT molecular complexity index is 562. The van der Waals surface area contributed by atoms with Crippen LogP contribution in [0.5, 0.6) is 0 Å². The highest BCUT2D eigenvalue weighted by atomic mass is 79.9. The van der Waals surface area contributed by atoms with E-state index >= 15 is 0 Å². The molecule has 1 aliphatic rings. The molecule has 20 heavy (non-hydrogen) atoms. The number of rotatable bonds is 3. The lowest BCUT2D eigenvalue weighted by Crippen LogP contribution is -2.45. The van der Waals surface area contributed by atoms with Gasteiger partial charge in [-0.05, 0) is 35.6 Å². The zero-order valence-corrected chi connectivity index (χ0v) is 14.0. The minimum Gasteiger partial charge on any atom is -0.314 e. The second-order valence-corrected chi connectivity index (χ2v) is 7.06. The first-order valence-corrected chi connectivity index (χ1v) is 8.67. The molecule has 1 N–H and O–H groups in total. The van der Waals surface area contributed by atoms with Crippen molar-refractivity contribution in [2.45, 2.75) is 13.0 Å². The molecule has 2 heterocycles. The predicted molar refractivity (Wildman–Crippen MR) is 89.5 cm³/mol. The third-order valence-corrected chi connectivity index (χ3v) is 5.39. The van der Waals surface area contributed by atoms with Gasteiger partial charge in [0.05, 0.1) is 6.04 Å².